The van der Waals surface area contributed by atoms with Gasteiger partial charge in [-0.1, -0.05) is 18.2 Å². The molecule has 34 heavy (non-hydrogen) atoms. The zero-order valence-electron chi connectivity index (χ0n) is 19.5. The van der Waals surface area contributed by atoms with E-state index in [-0.39, 0.29) is 35.9 Å². The Balaban J connectivity index is 1.30. The molecule has 1 amide bonds. The number of aryl methyl sites for hydroxylation is 2. The number of benzene rings is 2. The molecule has 4 rings (SSSR count). The minimum atomic E-state index is -3.93. The van der Waals surface area contributed by atoms with Crippen molar-refractivity contribution in [1.82, 2.24) is 9.21 Å². The number of sulfonamides is 1. The van der Waals surface area contributed by atoms with E-state index in [2.05, 4.69) is 0 Å². The van der Waals surface area contributed by atoms with Gasteiger partial charge in [0.25, 0.3) is 0 Å². The number of hydrogen-bond donors (Lipinski definition) is 0. The molecule has 0 saturated carbocycles. The molecule has 0 bridgehead atoms. The maximum absolute atomic E-state index is 13.5. The van der Waals surface area contributed by atoms with Crippen LogP contribution in [0.5, 0.6) is 5.75 Å². The van der Waals surface area contributed by atoms with Gasteiger partial charge in [-0.25, -0.2) is 17.2 Å². The van der Waals surface area contributed by atoms with Crippen LogP contribution in [0.15, 0.2) is 41.3 Å². The van der Waals surface area contributed by atoms with Crippen LogP contribution in [0.4, 0.5) is 8.78 Å². The predicted octanol–water partition coefficient (Wildman–Crippen LogP) is 4.05. The number of para-hydroxylation sites is 1. The molecule has 2 aromatic rings. The summed E-state index contributed by atoms with van der Waals surface area (Å²) in [6.45, 7) is 5.62. The van der Waals surface area contributed by atoms with E-state index in [1.807, 2.05) is 36.9 Å². The first-order valence-corrected chi connectivity index (χ1v) is 13.1. The van der Waals surface area contributed by atoms with Crippen LogP contribution in [0.2, 0.25) is 0 Å². The highest BCUT2D eigenvalue weighted by Gasteiger charge is 2.35. The summed E-state index contributed by atoms with van der Waals surface area (Å²) in [6, 6.07) is 8.64. The van der Waals surface area contributed by atoms with Gasteiger partial charge in [0.05, 0.1) is 4.90 Å². The number of nitrogens with zero attached hydrogens (tertiary/aromatic N) is 2. The number of halogens is 2. The summed E-state index contributed by atoms with van der Waals surface area (Å²) in [5.74, 6) is -1.56. The van der Waals surface area contributed by atoms with Crippen molar-refractivity contribution in [2.75, 3.05) is 26.2 Å². The van der Waals surface area contributed by atoms with Crippen molar-refractivity contribution in [1.29, 1.82) is 0 Å². The molecule has 2 heterocycles. The minimum Gasteiger partial charge on any atom is -0.490 e. The average molecular weight is 493 g/mol. The van der Waals surface area contributed by atoms with Gasteiger partial charge in [-0.15, -0.1) is 0 Å². The van der Waals surface area contributed by atoms with E-state index in [9.17, 15) is 22.0 Å². The fraction of sp³-hybridized carbons (Fsp3) is 0.480. The highest BCUT2D eigenvalue weighted by Crippen LogP contribution is 2.29. The van der Waals surface area contributed by atoms with Crippen LogP contribution in [-0.2, 0) is 14.8 Å². The van der Waals surface area contributed by atoms with Crippen molar-refractivity contribution in [3.63, 3.8) is 0 Å². The van der Waals surface area contributed by atoms with Gasteiger partial charge in [0, 0.05) is 44.9 Å². The summed E-state index contributed by atoms with van der Waals surface area (Å²) >= 11 is 0. The molecule has 184 valence electrons. The lowest BCUT2D eigenvalue weighted by molar-refractivity contribution is -0.138. The smallest absolute Gasteiger partial charge is 0.243 e. The van der Waals surface area contributed by atoms with Gasteiger partial charge in [0.1, 0.15) is 11.9 Å². The number of carbonyl (C=O) groups excluding carboxylic acids is 1. The number of likely N-dealkylation sites (tertiary alicyclic amines) is 1. The molecule has 0 atom stereocenters. The number of hydrogen-bond acceptors (Lipinski definition) is 4. The summed E-state index contributed by atoms with van der Waals surface area (Å²) in [4.78, 5) is 14.6. The zero-order valence-corrected chi connectivity index (χ0v) is 20.3. The first-order valence-electron chi connectivity index (χ1n) is 11.6. The normalized spacial score (nSPS) is 18.8. The Labute approximate surface area is 199 Å². The standard InChI is InChI=1S/C25H30F2N2O4S/c1-17-4-3-5-18(2)24(17)33-20-10-12-28(13-11-20)25(30)19-8-14-29(15-9-19)34(31,32)21-6-7-22(26)23(27)16-21/h3-7,16,19-20H,8-15H2,1-2H3. The second kappa shape index (κ2) is 10.00. The summed E-state index contributed by atoms with van der Waals surface area (Å²) in [5, 5.41) is 0. The lowest BCUT2D eigenvalue weighted by atomic mass is 9.95. The molecule has 2 aromatic carbocycles. The van der Waals surface area contributed by atoms with Crippen molar-refractivity contribution in [2.24, 2.45) is 5.92 Å². The Bertz CT molecular complexity index is 1140. The van der Waals surface area contributed by atoms with E-state index < -0.39 is 21.7 Å². The largest absolute Gasteiger partial charge is 0.490 e. The van der Waals surface area contributed by atoms with E-state index in [4.69, 9.17) is 4.74 Å². The van der Waals surface area contributed by atoms with Crippen LogP contribution in [-0.4, -0.2) is 55.8 Å². The Hall–Kier alpha value is -2.52. The Morgan fingerprint density at radius 2 is 1.53 bits per heavy atom. The highest BCUT2D eigenvalue weighted by atomic mass is 32.2. The van der Waals surface area contributed by atoms with Crippen LogP contribution < -0.4 is 4.74 Å². The van der Waals surface area contributed by atoms with Gasteiger partial charge in [-0.2, -0.15) is 4.31 Å². The van der Waals surface area contributed by atoms with Crippen molar-refractivity contribution in [3.05, 3.63) is 59.2 Å². The quantitative estimate of drug-likeness (QED) is 0.632. The van der Waals surface area contributed by atoms with Gasteiger partial charge in [0.15, 0.2) is 11.6 Å². The summed E-state index contributed by atoms with van der Waals surface area (Å²) in [6.07, 6.45) is 2.37. The van der Waals surface area contributed by atoms with E-state index in [0.29, 0.717) is 32.0 Å². The Kier molecular flexibility index (Phi) is 7.23. The third-order valence-electron chi connectivity index (χ3n) is 6.78. The fourth-order valence-electron chi connectivity index (χ4n) is 4.73. The maximum atomic E-state index is 13.5. The van der Waals surface area contributed by atoms with E-state index >= 15 is 0 Å². The van der Waals surface area contributed by atoms with Crippen molar-refractivity contribution < 1.29 is 26.7 Å². The van der Waals surface area contributed by atoms with E-state index in [1.165, 1.54) is 4.31 Å². The lowest BCUT2D eigenvalue weighted by Crippen LogP contribution is -2.47. The molecule has 0 aliphatic carbocycles. The molecule has 9 heteroatoms. The van der Waals surface area contributed by atoms with Crippen LogP contribution in [0.3, 0.4) is 0 Å². The second-order valence-corrected chi connectivity index (χ2v) is 11.1. The van der Waals surface area contributed by atoms with Gasteiger partial charge in [-0.3, -0.25) is 4.79 Å². The molecule has 2 aliphatic heterocycles. The SMILES string of the molecule is Cc1cccc(C)c1OC1CCN(C(=O)C2CCN(S(=O)(=O)c3ccc(F)c(F)c3)CC2)CC1. The number of carbonyl (C=O) groups is 1. The number of rotatable bonds is 5. The molecule has 0 N–H and O–H groups in total. The van der Waals surface area contributed by atoms with Crippen molar-refractivity contribution in [3.8, 4) is 5.75 Å². The maximum Gasteiger partial charge on any atom is 0.243 e. The molecular weight excluding hydrogens is 462 g/mol. The second-order valence-electron chi connectivity index (χ2n) is 9.12. The Morgan fingerprint density at radius 1 is 0.912 bits per heavy atom. The molecule has 2 fully saturated rings. The minimum absolute atomic E-state index is 0.0513. The summed E-state index contributed by atoms with van der Waals surface area (Å²) in [5.41, 5.74) is 2.20. The zero-order chi connectivity index (χ0) is 24.5. The predicted molar refractivity (Wildman–Crippen MR) is 124 cm³/mol. The molecule has 0 radical (unpaired) electrons. The van der Waals surface area contributed by atoms with Gasteiger partial charge in [-0.05, 0) is 56.0 Å². The highest BCUT2D eigenvalue weighted by molar-refractivity contribution is 7.89. The Morgan fingerprint density at radius 3 is 2.12 bits per heavy atom. The number of ether oxygens (including phenoxy) is 1. The molecule has 6 nitrogen and oxygen atoms in total. The van der Waals surface area contributed by atoms with E-state index in [1.54, 1.807) is 0 Å². The van der Waals surface area contributed by atoms with Crippen LogP contribution in [0.25, 0.3) is 0 Å². The summed E-state index contributed by atoms with van der Waals surface area (Å²) in [7, 11) is -3.93. The van der Waals surface area contributed by atoms with Gasteiger partial charge >= 0.3 is 0 Å². The van der Waals surface area contributed by atoms with E-state index in [0.717, 1.165) is 41.9 Å². The molecular formula is C25H30F2N2O4S. The number of piperidine rings is 2. The number of amides is 1. The molecule has 0 unspecified atom stereocenters. The molecule has 0 spiro atoms. The third-order valence-corrected chi connectivity index (χ3v) is 8.67. The van der Waals surface area contributed by atoms with Crippen LogP contribution in [0, 0.1) is 31.4 Å². The molecule has 2 aliphatic rings. The van der Waals surface area contributed by atoms with Gasteiger partial charge < -0.3 is 9.64 Å². The first kappa shape index (κ1) is 24.6. The molecule has 0 aromatic heterocycles. The average Bonchev–Trinajstić information content (AvgIpc) is 2.83. The van der Waals surface area contributed by atoms with Crippen molar-refractivity contribution in [2.45, 2.75) is 50.5 Å². The van der Waals surface area contributed by atoms with Crippen molar-refractivity contribution >= 4 is 15.9 Å². The summed E-state index contributed by atoms with van der Waals surface area (Å²) < 4.78 is 59.8. The topological polar surface area (TPSA) is 66.9 Å². The first-order chi connectivity index (χ1) is 16.2. The monoisotopic (exact) mass is 492 g/mol. The van der Waals surface area contributed by atoms with Crippen LogP contribution >= 0.6 is 0 Å². The lowest BCUT2D eigenvalue weighted by Gasteiger charge is -2.37. The third kappa shape index (κ3) is 5.10. The fourth-order valence-corrected chi connectivity index (χ4v) is 6.22. The molecule has 2 saturated heterocycles. The van der Waals surface area contributed by atoms with Gasteiger partial charge in [0.2, 0.25) is 15.9 Å². The van der Waals surface area contributed by atoms with Crippen LogP contribution in [0.1, 0.15) is 36.8 Å².